The van der Waals surface area contributed by atoms with Crippen LogP contribution in [-0.4, -0.2) is 62.4 Å². The van der Waals surface area contributed by atoms with Crippen LogP contribution in [0.2, 0.25) is 0 Å². The van der Waals surface area contributed by atoms with Gasteiger partial charge in [0, 0.05) is 39.4 Å². The Balaban J connectivity index is 0.000000318. The Kier molecular flexibility index (Phi) is 7.03. The van der Waals surface area contributed by atoms with Crippen LogP contribution in [0.5, 0.6) is 0 Å². The number of carbonyl (C=O) groups is 1. The highest BCUT2D eigenvalue weighted by molar-refractivity contribution is 5.73. The maximum Gasteiger partial charge on any atom is 0.490 e. The number of nitrogens with zero attached hydrogens (tertiary/aromatic N) is 5. The lowest BCUT2D eigenvalue weighted by atomic mass is 10.0. The third-order valence-corrected chi connectivity index (χ3v) is 5.05. The maximum atomic E-state index is 10.6. The van der Waals surface area contributed by atoms with Crippen molar-refractivity contribution in [3.05, 3.63) is 41.5 Å². The van der Waals surface area contributed by atoms with Crippen LogP contribution in [-0.2, 0) is 29.0 Å². The molecule has 8 nitrogen and oxygen atoms in total. The summed E-state index contributed by atoms with van der Waals surface area (Å²) in [5.41, 5.74) is 3.48. The number of carboxylic acids is 1. The van der Waals surface area contributed by atoms with Gasteiger partial charge in [0.15, 0.2) is 0 Å². The zero-order valence-electron chi connectivity index (χ0n) is 16.5. The van der Waals surface area contributed by atoms with E-state index in [9.17, 15) is 13.2 Å². The minimum Gasteiger partial charge on any atom is -0.475 e. The molecule has 30 heavy (non-hydrogen) atoms. The number of hydrogen-bond donors (Lipinski definition) is 1. The Bertz CT molecular complexity index is 840. The number of fused-ring (bicyclic) bond motifs is 1. The van der Waals surface area contributed by atoms with Crippen LogP contribution in [0, 0.1) is 5.92 Å². The normalized spacial score (nSPS) is 19.0. The molecular formula is C19H24F3N5O3. The van der Waals surface area contributed by atoms with Gasteiger partial charge in [-0.3, -0.25) is 9.88 Å². The summed E-state index contributed by atoms with van der Waals surface area (Å²) < 4.78 is 39.3. The van der Waals surface area contributed by atoms with Gasteiger partial charge in [0.2, 0.25) is 0 Å². The molecule has 0 bridgehead atoms. The molecule has 0 amide bonds. The zero-order valence-corrected chi connectivity index (χ0v) is 16.5. The third-order valence-electron chi connectivity index (χ3n) is 5.05. The molecule has 4 rings (SSSR count). The lowest BCUT2D eigenvalue weighted by molar-refractivity contribution is -0.192. The molecule has 1 aliphatic carbocycles. The molecule has 0 aromatic carbocycles. The molecule has 1 aliphatic heterocycles. The number of ether oxygens (including phenoxy) is 1. The highest BCUT2D eigenvalue weighted by atomic mass is 19.4. The monoisotopic (exact) mass is 427 g/mol. The molecule has 0 spiro atoms. The van der Waals surface area contributed by atoms with Gasteiger partial charge >= 0.3 is 12.1 Å². The number of aliphatic carboxylic acids is 1. The van der Waals surface area contributed by atoms with E-state index >= 15 is 0 Å². The van der Waals surface area contributed by atoms with Crippen LogP contribution < -0.4 is 0 Å². The van der Waals surface area contributed by atoms with Crippen molar-refractivity contribution in [2.45, 2.75) is 44.6 Å². The minimum atomic E-state index is -5.08. The first kappa shape index (κ1) is 22.2. The van der Waals surface area contributed by atoms with E-state index < -0.39 is 12.1 Å². The summed E-state index contributed by atoms with van der Waals surface area (Å²) >= 11 is 0. The van der Waals surface area contributed by atoms with Crippen LogP contribution in [0.25, 0.3) is 0 Å². The lowest BCUT2D eigenvalue weighted by Crippen LogP contribution is -2.38. The fourth-order valence-electron chi connectivity index (χ4n) is 3.36. The quantitative estimate of drug-likeness (QED) is 0.757. The fourth-order valence-corrected chi connectivity index (χ4v) is 3.36. The Morgan fingerprint density at radius 3 is 2.63 bits per heavy atom. The van der Waals surface area contributed by atoms with Gasteiger partial charge in [-0.15, -0.1) is 5.10 Å². The summed E-state index contributed by atoms with van der Waals surface area (Å²) in [6, 6.07) is 6.23. The van der Waals surface area contributed by atoms with Gasteiger partial charge in [-0.2, -0.15) is 13.2 Å². The van der Waals surface area contributed by atoms with Gasteiger partial charge in [-0.05, 0) is 30.9 Å². The highest BCUT2D eigenvalue weighted by Gasteiger charge is 2.38. The van der Waals surface area contributed by atoms with E-state index in [1.807, 2.05) is 18.3 Å². The molecule has 0 radical (unpaired) electrons. The van der Waals surface area contributed by atoms with Gasteiger partial charge in [0.1, 0.15) is 5.69 Å². The molecule has 1 N–H and O–H groups in total. The first-order valence-electron chi connectivity index (χ1n) is 9.64. The molecule has 1 unspecified atom stereocenters. The van der Waals surface area contributed by atoms with Crippen molar-refractivity contribution in [3.63, 3.8) is 0 Å². The van der Waals surface area contributed by atoms with Gasteiger partial charge in [0.05, 0.1) is 24.0 Å². The van der Waals surface area contributed by atoms with E-state index in [2.05, 4.69) is 30.9 Å². The van der Waals surface area contributed by atoms with E-state index in [-0.39, 0.29) is 6.04 Å². The minimum absolute atomic E-state index is 0.165. The van der Waals surface area contributed by atoms with E-state index in [4.69, 9.17) is 14.6 Å². The molecular weight excluding hydrogens is 403 g/mol. The number of halogens is 3. The maximum absolute atomic E-state index is 10.6. The number of hydrogen-bond acceptors (Lipinski definition) is 6. The summed E-state index contributed by atoms with van der Waals surface area (Å²) in [6.45, 7) is 3.49. The van der Waals surface area contributed by atoms with E-state index in [0.29, 0.717) is 6.61 Å². The van der Waals surface area contributed by atoms with E-state index in [1.165, 1.54) is 18.5 Å². The van der Waals surface area contributed by atoms with Crippen LogP contribution in [0.1, 0.15) is 36.0 Å². The van der Waals surface area contributed by atoms with Crippen molar-refractivity contribution in [2.75, 3.05) is 20.3 Å². The second-order valence-electron chi connectivity index (χ2n) is 7.36. The zero-order chi connectivity index (χ0) is 21.7. The first-order chi connectivity index (χ1) is 14.3. The highest BCUT2D eigenvalue weighted by Crippen LogP contribution is 2.33. The Morgan fingerprint density at radius 2 is 2.07 bits per heavy atom. The first-order valence-corrected chi connectivity index (χ1v) is 9.64. The molecule has 2 aliphatic rings. The number of pyridine rings is 1. The predicted octanol–water partition coefficient (Wildman–Crippen LogP) is 2.46. The van der Waals surface area contributed by atoms with Crippen molar-refractivity contribution >= 4 is 5.97 Å². The molecule has 1 fully saturated rings. The van der Waals surface area contributed by atoms with E-state index in [0.717, 1.165) is 43.4 Å². The summed E-state index contributed by atoms with van der Waals surface area (Å²) in [7, 11) is 1.75. The number of aromatic nitrogens is 4. The van der Waals surface area contributed by atoms with E-state index in [1.54, 1.807) is 7.11 Å². The second kappa shape index (κ2) is 9.52. The van der Waals surface area contributed by atoms with Crippen molar-refractivity contribution in [2.24, 2.45) is 5.92 Å². The van der Waals surface area contributed by atoms with Crippen molar-refractivity contribution in [3.8, 4) is 0 Å². The Labute approximate surface area is 171 Å². The molecule has 11 heteroatoms. The summed E-state index contributed by atoms with van der Waals surface area (Å²) in [4.78, 5) is 15.8. The number of alkyl halides is 3. The summed E-state index contributed by atoms with van der Waals surface area (Å²) in [6.07, 6.45) is 0.438. The molecule has 2 aromatic rings. The van der Waals surface area contributed by atoms with Crippen LogP contribution in [0.4, 0.5) is 13.2 Å². The van der Waals surface area contributed by atoms with Crippen LogP contribution >= 0.6 is 0 Å². The SMILES string of the molecule is COCC1c2nnn(CC3CC3)c2CCN1Cc1ccccn1.O=C(O)C(F)(F)F. The molecule has 1 atom stereocenters. The van der Waals surface area contributed by atoms with Crippen LogP contribution in [0.3, 0.4) is 0 Å². The second-order valence-corrected chi connectivity index (χ2v) is 7.36. The van der Waals surface area contributed by atoms with Crippen molar-refractivity contribution < 1.29 is 27.8 Å². The molecule has 164 valence electrons. The summed E-state index contributed by atoms with van der Waals surface area (Å²) in [5.74, 6) is -1.94. The molecule has 3 heterocycles. The van der Waals surface area contributed by atoms with Gasteiger partial charge in [-0.25, -0.2) is 9.48 Å². The molecule has 2 aromatic heterocycles. The third kappa shape index (κ3) is 5.76. The van der Waals surface area contributed by atoms with Gasteiger partial charge < -0.3 is 9.84 Å². The largest absolute Gasteiger partial charge is 0.490 e. The molecule has 0 saturated heterocycles. The molecule has 1 saturated carbocycles. The average molecular weight is 427 g/mol. The topological polar surface area (TPSA) is 93.4 Å². The number of rotatable bonds is 6. The van der Waals surface area contributed by atoms with Gasteiger partial charge in [-0.1, -0.05) is 11.3 Å². The Hall–Kier alpha value is -2.53. The fraction of sp³-hybridized carbons (Fsp3) is 0.579. The van der Waals surface area contributed by atoms with Crippen LogP contribution in [0.15, 0.2) is 24.4 Å². The predicted molar refractivity (Wildman–Crippen MR) is 99.4 cm³/mol. The smallest absolute Gasteiger partial charge is 0.475 e. The van der Waals surface area contributed by atoms with Crippen molar-refractivity contribution in [1.29, 1.82) is 0 Å². The average Bonchev–Trinajstić information content (AvgIpc) is 3.43. The number of carboxylic acid groups (broad SMARTS) is 1. The number of methoxy groups -OCH3 is 1. The standard InChI is InChI=1S/C17H23N5O.C2HF3O2/c1-23-12-16-17-15(22(20-19-17)10-13-5-6-13)7-9-21(16)11-14-4-2-3-8-18-14;3-2(4,5)1(6)7/h2-4,8,13,16H,5-7,9-12H2,1H3;(H,6,7). The summed E-state index contributed by atoms with van der Waals surface area (Å²) in [5, 5.41) is 16.0. The Morgan fingerprint density at radius 1 is 1.33 bits per heavy atom. The lowest BCUT2D eigenvalue weighted by Gasteiger charge is -2.34. The van der Waals surface area contributed by atoms with Crippen molar-refractivity contribution in [1.82, 2.24) is 24.9 Å². The van der Waals surface area contributed by atoms with Gasteiger partial charge in [0.25, 0.3) is 0 Å².